The average molecular weight is 417 g/mol. The number of rotatable bonds is 8. The van der Waals surface area contributed by atoms with Crippen LogP contribution in [0.2, 0.25) is 0 Å². The van der Waals surface area contributed by atoms with Gasteiger partial charge >= 0.3 is 6.09 Å². The molecule has 8 heteroatoms. The first-order valence-electron chi connectivity index (χ1n) is 8.74. The number of pyridine rings is 1. The number of benzene rings is 1. The molecule has 3 aromatic rings. The van der Waals surface area contributed by atoms with Gasteiger partial charge in [-0.05, 0) is 48.6 Å². The minimum Gasteiger partial charge on any atom is -0.408 e. The van der Waals surface area contributed by atoms with Crippen LogP contribution in [-0.2, 0) is 22.8 Å². The van der Waals surface area contributed by atoms with E-state index < -0.39 is 15.9 Å². The number of amides is 1. The number of sulfone groups is 1. The minimum atomic E-state index is -3.35. The van der Waals surface area contributed by atoms with Gasteiger partial charge in [0.1, 0.15) is 0 Å². The van der Waals surface area contributed by atoms with E-state index in [0.29, 0.717) is 35.7 Å². The van der Waals surface area contributed by atoms with Gasteiger partial charge in [0.05, 0.1) is 22.9 Å². The van der Waals surface area contributed by atoms with E-state index in [4.69, 9.17) is 4.74 Å². The first-order valence-corrected chi connectivity index (χ1v) is 11.3. The smallest absolute Gasteiger partial charge is 0.408 e. The summed E-state index contributed by atoms with van der Waals surface area (Å²) in [6, 6.07) is 15.5. The second-order valence-corrected chi connectivity index (χ2v) is 9.15. The molecule has 0 bridgehead atoms. The van der Waals surface area contributed by atoms with Gasteiger partial charge in [-0.2, -0.15) is 0 Å². The highest BCUT2D eigenvalue weighted by Crippen LogP contribution is 2.19. The van der Waals surface area contributed by atoms with Gasteiger partial charge in [-0.25, -0.2) is 13.2 Å². The Morgan fingerprint density at radius 2 is 1.89 bits per heavy atom. The Morgan fingerprint density at radius 3 is 2.64 bits per heavy atom. The molecule has 1 amide bonds. The maximum absolute atomic E-state index is 12.4. The molecule has 0 radical (unpaired) electrons. The summed E-state index contributed by atoms with van der Waals surface area (Å²) in [6.45, 7) is 0.390. The molecule has 0 saturated heterocycles. The average Bonchev–Trinajstić information content (AvgIpc) is 3.22. The first kappa shape index (κ1) is 20.0. The number of aromatic nitrogens is 1. The molecule has 0 fully saturated rings. The van der Waals surface area contributed by atoms with E-state index in [1.54, 1.807) is 60.0 Å². The third kappa shape index (κ3) is 5.64. The third-order valence-corrected chi connectivity index (χ3v) is 6.66. The number of aryl methyl sites for hydroxylation is 1. The minimum absolute atomic E-state index is 0.00238. The highest BCUT2D eigenvalue weighted by Gasteiger charge is 2.15. The molecule has 2 heterocycles. The predicted octanol–water partition coefficient (Wildman–Crippen LogP) is 3.84. The summed E-state index contributed by atoms with van der Waals surface area (Å²) < 4.78 is 30.1. The highest BCUT2D eigenvalue weighted by atomic mass is 32.2. The Bertz CT molecular complexity index is 1000. The number of nitrogens with zero attached hydrogens (tertiary/aromatic N) is 1. The van der Waals surface area contributed by atoms with E-state index in [1.165, 1.54) is 0 Å². The van der Waals surface area contributed by atoms with Gasteiger partial charge < -0.3 is 10.1 Å². The van der Waals surface area contributed by atoms with Crippen LogP contribution in [0.4, 0.5) is 4.79 Å². The summed E-state index contributed by atoms with van der Waals surface area (Å²) in [5.41, 5.74) is 0.553. The third-order valence-electron chi connectivity index (χ3n) is 3.97. The Morgan fingerprint density at radius 1 is 1.07 bits per heavy atom. The molecule has 1 aromatic carbocycles. The van der Waals surface area contributed by atoms with E-state index in [9.17, 15) is 13.2 Å². The molecule has 2 aromatic heterocycles. The van der Waals surface area contributed by atoms with Crippen LogP contribution in [0.15, 0.2) is 71.1 Å². The fourth-order valence-electron chi connectivity index (χ4n) is 2.59. The summed E-state index contributed by atoms with van der Waals surface area (Å²) in [4.78, 5) is 17.6. The quantitative estimate of drug-likeness (QED) is 0.603. The number of ether oxygens (including phenoxy) is 1. The van der Waals surface area contributed by atoms with Gasteiger partial charge in [0.15, 0.2) is 15.6 Å². The van der Waals surface area contributed by atoms with Gasteiger partial charge in [0.2, 0.25) is 0 Å². The van der Waals surface area contributed by atoms with Gasteiger partial charge in [-0.15, -0.1) is 11.3 Å². The molecule has 0 unspecified atom stereocenters. The lowest BCUT2D eigenvalue weighted by atomic mass is 10.2. The van der Waals surface area contributed by atoms with Crippen LogP contribution < -0.4 is 10.1 Å². The number of carbonyl (C=O) groups is 1. The lowest BCUT2D eigenvalue weighted by molar-refractivity contribution is 0.199. The zero-order chi connectivity index (χ0) is 19.8. The van der Waals surface area contributed by atoms with Gasteiger partial charge in [0, 0.05) is 11.1 Å². The van der Waals surface area contributed by atoms with E-state index in [1.807, 2.05) is 17.5 Å². The number of carbonyl (C=O) groups excluding carboxylic acids is 1. The van der Waals surface area contributed by atoms with Crippen molar-refractivity contribution < 1.29 is 17.9 Å². The van der Waals surface area contributed by atoms with Gasteiger partial charge in [-0.1, -0.05) is 24.3 Å². The Hall–Kier alpha value is -2.71. The Balaban J connectivity index is 1.55. The maximum atomic E-state index is 12.4. The van der Waals surface area contributed by atoms with E-state index in [-0.39, 0.29) is 5.75 Å². The van der Waals surface area contributed by atoms with Crippen LogP contribution in [0.1, 0.15) is 17.0 Å². The summed E-state index contributed by atoms with van der Waals surface area (Å²) in [6.07, 6.45) is 1.79. The topological polar surface area (TPSA) is 85.4 Å². The molecule has 28 heavy (non-hydrogen) atoms. The highest BCUT2D eigenvalue weighted by molar-refractivity contribution is 7.91. The zero-order valence-corrected chi connectivity index (χ0v) is 16.7. The van der Waals surface area contributed by atoms with E-state index in [0.717, 1.165) is 4.88 Å². The molecule has 0 atom stereocenters. The number of hydrogen-bond acceptors (Lipinski definition) is 6. The van der Waals surface area contributed by atoms with Crippen molar-refractivity contribution in [2.24, 2.45) is 0 Å². The van der Waals surface area contributed by atoms with Crippen molar-refractivity contribution in [2.45, 2.75) is 24.3 Å². The second kappa shape index (κ2) is 9.48. The van der Waals surface area contributed by atoms with Crippen molar-refractivity contribution in [3.05, 3.63) is 76.7 Å². The molecule has 0 spiro atoms. The maximum Gasteiger partial charge on any atom is 0.412 e. The van der Waals surface area contributed by atoms with Crippen LogP contribution in [-0.4, -0.2) is 25.2 Å². The van der Waals surface area contributed by atoms with Crippen molar-refractivity contribution in [1.29, 1.82) is 0 Å². The Kier molecular flexibility index (Phi) is 6.78. The second-order valence-electron chi connectivity index (χ2n) is 6.01. The summed E-state index contributed by atoms with van der Waals surface area (Å²) >= 11 is 1.55. The fourth-order valence-corrected chi connectivity index (χ4v) is 4.56. The molecule has 0 saturated carbocycles. The lowest BCUT2D eigenvalue weighted by Gasteiger charge is -2.10. The zero-order valence-electron chi connectivity index (χ0n) is 15.1. The first-order chi connectivity index (χ1) is 13.5. The molecule has 3 rings (SSSR count). The molecule has 0 aliphatic heterocycles. The van der Waals surface area contributed by atoms with Crippen molar-refractivity contribution in [2.75, 3.05) is 5.75 Å². The molecule has 1 N–H and O–H groups in total. The molecule has 6 nitrogen and oxygen atoms in total. The van der Waals surface area contributed by atoms with Crippen LogP contribution in [0.25, 0.3) is 0 Å². The fraction of sp³-hybridized carbons (Fsp3) is 0.200. The summed E-state index contributed by atoms with van der Waals surface area (Å²) in [7, 11) is -3.35. The monoisotopic (exact) mass is 416 g/mol. The summed E-state index contributed by atoms with van der Waals surface area (Å²) in [5.74, 6) is 0.334. The van der Waals surface area contributed by atoms with Crippen molar-refractivity contribution in [1.82, 2.24) is 10.3 Å². The number of nitrogens with one attached hydrogen (secondary N) is 1. The molecule has 146 valence electrons. The standard InChI is InChI=1S/C20H20N2O4S2/c23-20(22-15-16-7-5-13-27-16)26-19-11-4-12-21-18(19)10-6-14-28(24,25)17-8-2-1-3-9-17/h1-5,7-9,11-13H,6,10,14-15H2,(H,22,23). The number of hydrogen-bond donors (Lipinski definition) is 1. The molecular weight excluding hydrogens is 396 g/mol. The van der Waals surface area contributed by atoms with Crippen LogP contribution in [0, 0.1) is 0 Å². The van der Waals surface area contributed by atoms with Gasteiger partial charge in [-0.3, -0.25) is 4.98 Å². The lowest BCUT2D eigenvalue weighted by Crippen LogP contribution is -2.26. The molecular formula is C20H20N2O4S2. The van der Waals surface area contributed by atoms with Crippen LogP contribution in [0.5, 0.6) is 5.75 Å². The normalized spacial score (nSPS) is 11.1. The Labute approximate surface area is 168 Å². The largest absolute Gasteiger partial charge is 0.412 e. The van der Waals surface area contributed by atoms with Crippen molar-refractivity contribution in [3.8, 4) is 5.75 Å². The van der Waals surface area contributed by atoms with Crippen molar-refractivity contribution in [3.63, 3.8) is 0 Å². The van der Waals surface area contributed by atoms with Crippen LogP contribution in [0.3, 0.4) is 0 Å². The molecule has 0 aliphatic carbocycles. The summed E-state index contributed by atoms with van der Waals surface area (Å²) in [5, 5.41) is 4.62. The number of thiophene rings is 1. The molecule has 0 aliphatic rings. The van der Waals surface area contributed by atoms with Crippen molar-refractivity contribution >= 4 is 27.3 Å². The SMILES string of the molecule is O=C(NCc1cccs1)Oc1cccnc1CCCS(=O)(=O)c1ccccc1. The van der Waals surface area contributed by atoms with E-state index >= 15 is 0 Å². The van der Waals surface area contributed by atoms with E-state index in [2.05, 4.69) is 10.3 Å². The predicted molar refractivity (Wildman–Crippen MR) is 108 cm³/mol. The van der Waals surface area contributed by atoms with Gasteiger partial charge in [0.25, 0.3) is 0 Å². The van der Waals surface area contributed by atoms with Crippen LogP contribution >= 0.6 is 11.3 Å².